The van der Waals surface area contributed by atoms with Crippen LogP contribution in [0.1, 0.15) is 38.1 Å². The fourth-order valence-electron chi connectivity index (χ4n) is 3.49. The summed E-state index contributed by atoms with van der Waals surface area (Å²) < 4.78 is 18.7. The van der Waals surface area contributed by atoms with Gasteiger partial charge < -0.3 is 10.1 Å². The van der Waals surface area contributed by atoms with Crippen LogP contribution in [-0.4, -0.2) is 54.3 Å². The minimum Gasteiger partial charge on any atom is -0.447 e. The summed E-state index contributed by atoms with van der Waals surface area (Å²) >= 11 is 0. The number of benzene rings is 1. The van der Waals surface area contributed by atoms with E-state index in [4.69, 9.17) is 4.74 Å². The molecule has 0 aliphatic carbocycles. The maximum Gasteiger partial charge on any atom is 0.417 e. The van der Waals surface area contributed by atoms with Crippen molar-refractivity contribution in [2.24, 2.45) is 20.9 Å². The topological polar surface area (TPSA) is 91.5 Å². The first-order chi connectivity index (χ1) is 15.7. The van der Waals surface area contributed by atoms with E-state index < -0.39 is 6.09 Å². The molecule has 1 N–H and O–H groups in total. The van der Waals surface area contributed by atoms with Crippen LogP contribution in [-0.2, 0) is 4.74 Å². The van der Waals surface area contributed by atoms with Crippen LogP contribution in [0.25, 0.3) is 11.1 Å². The molecule has 0 unspecified atom stereocenters. The van der Waals surface area contributed by atoms with E-state index in [2.05, 4.69) is 32.0 Å². The van der Waals surface area contributed by atoms with E-state index in [0.717, 1.165) is 16.8 Å². The summed E-state index contributed by atoms with van der Waals surface area (Å²) in [5.74, 6) is 0.340. The molecular formula is C24H29FN6O2. The number of nitrogens with one attached hydrogen (secondary N) is 1. The number of nitrogens with zero attached hydrogens (tertiary/aromatic N) is 5. The number of aliphatic imine (C=N–C) groups is 3. The van der Waals surface area contributed by atoms with Crippen molar-refractivity contribution in [2.45, 2.75) is 39.8 Å². The Bertz CT molecular complexity index is 1080. The highest BCUT2D eigenvalue weighted by Gasteiger charge is 2.38. The van der Waals surface area contributed by atoms with Crippen LogP contribution in [0.4, 0.5) is 9.18 Å². The van der Waals surface area contributed by atoms with Crippen LogP contribution in [0.5, 0.6) is 0 Å². The number of hydrogen-bond donors (Lipinski definition) is 1. The van der Waals surface area contributed by atoms with Crippen LogP contribution >= 0.6 is 0 Å². The van der Waals surface area contributed by atoms with Crippen LogP contribution in [0, 0.1) is 18.7 Å². The number of rotatable bonds is 4. The Labute approximate surface area is 193 Å². The molecule has 0 saturated carbocycles. The first kappa shape index (κ1) is 24.0. The lowest BCUT2D eigenvalue weighted by Crippen LogP contribution is -2.42. The maximum atomic E-state index is 13.6. The van der Waals surface area contributed by atoms with Gasteiger partial charge in [0.25, 0.3) is 0 Å². The quantitative estimate of drug-likeness (QED) is 0.551. The van der Waals surface area contributed by atoms with Crippen LogP contribution < -0.4 is 5.32 Å². The van der Waals surface area contributed by atoms with Gasteiger partial charge in [0, 0.05) is 18.8 Å². The summed E-state index contributed by atoms with van der Waals surface area (Å²) in [5, 5.41) is 3.19. The van der Waals surface area contributed by atoms with Crippen molar-refractivity contribution in [2.75, 3.05) is 13.7 Å². The van der Waals surface area contributed by atoms with Crippen molar-refractivity contribution in [3.63, 3.8) is 0 Å². The Morgan fingerprint density at radius 2 is 2.00 bits per heavy atom. The average Bonchev–Trinajstić information content (AvgIpc) is 3.20. The number of aryl methyl sites for hydroxylation is 1. The van der Waals surface area contributed by atoms with E-state index in [9.17, 15) is 9.18 Å². The number of cyclic esters (lactones) is 1. The van der Waals surface area contributed by atoms with Gasteiger partial charge in [-0.05, 0) is 55.8 Å². The lowest BCUT2D eigenvalue weighted by atomic mass is 10.0. The van der Waals surface area contributed by atoms with Crippen LogP contribution in [0.15, 0.2) is 51.5 Å². The molecular weight excluding hydrogens is 423 g/mol. The zero-order valence-corrected chi connectivity index (χ0v) is 19.5. The highest BCUT2D eigenvalue weighted by molar-refractivity contribution is 6.03. The first-order valence-electron chi connectivity index (χ1n) is 10.7. The van der Waals surface area contributed by atoms with Gasteiger partial charge >= 0.3 is 6.09 Å². The number of hydrogen-bond acceptors (Lipinski definition) is 4. The number of halogens is 1. The molecule has 9 heteroatoms. The average molecular weight is 453 g/mol. The van der Waals surface area contributed by atoms with Gasteiger partial charge in [-0.15, -0.1) is 0 Å². The summed E-state index contributed by atoms with van der Waals surface area (Å²) in [7, 11) is 1.59. The van der Waals surface area contributed by atoms with Crippen molar-refractivity contribution in [1.29, 1.82) is 0 Å². The summed E-state index contributed by atoms with van der Waals surface area (Å²) in [6, 6.07) is 8.40. The number of pyridine rings is 1. The second kappa shape index (κ2) is 10.3. The number of aromatic nitrogens is 1. The summed E-state index contributed by atoms with van der Waals surface area (Å²) in [6.45, 7) is 11.5. The standard InChI is InChI=1S/C24H29FN6O2/c1-14(2)21-13-33-24(32)31(21)23(27-6)30-22(26-5)29-16(4)20-10-8-18(12-28-20)17-7-9-19(25)15(3)11-17/h7-12,14,16,21H,6,13H2,1-5H3,(H,26,29)/b30-23+/t16-,21+/m0/s1. The minimum atomic E-state index is -0.503. The molecule has 33 heavy (non-hydrogen) atoms. The zero-order valence-electron chi connectivity index (χ0n) is 19.5. The molecule has 2 atom stereocenters. The van der Waals surface area contributed by atoms with E-state index >= 15 is 0 Å². The third-order valence-corrected chi connectivity index (χ3v) is 5.52. The van der Waals surface area contributed by atoms with Crippen molar-refractivity contribution < 1.29 is 13.9 Å². The molecule has 2 aromatic rings. The SMILES string of the molecule is C=N/C(=N\C(=N/C)N[C@@H](C)c1ccc(-c2ccc(F)c(C)c2)cn1)N1C(=O)OC[C@@H]1C(C)C. The van der Waals surface area contributed by atoms with Gasteiger partial charge in [0.1, 0.15) is 12.4 Å². The molecule has 1 aromatic heterocycles. The molecule has 2 heterocycles. The Morgan fingerprint density at radius 1 is 1.27 bits per heavy atom. The Morgan fingerprint density at radius 3 is 2.58 bits per heavy atom. The van der Waals surface area contributed by atoms with Crippen LogP contribution in [0.2, 0.25) is 0 Å². The number of carbonyl (C=O) groups is 1. The van der Waals surface area contributed by atoms with Gasteiger partial charge in [-0.3, -0.25) is 9.98 Å². The molecule has 8 nitrogen and oxygen atoms in total. The highest BCUT2D eigenvalue weighted by atomic mass is 19.1. The summed E-state index contributed by atoms with van der Waals surface area (Å²) in [6.07, 6.45) is 1.24. The molecule has 1 aliphatic rings. The Kier molecular flexibility index (Phi) is 7.52. The molecule has 0 spiro atoms. The van der Waals surface area contributed by atoms with Gasteiger partial charge in [0.15, 0.2) is 0 Å². The summed E-state index contributed by atoms with van der Waals surface area (Å²) in [5.41, 5.74) is 3.14. The van der Waals surface area contributed by atoms with Gasteiger partial charge in [-0.25, -0.2) is 19.1 Å². The van der Waals surface area contributed by atoms with E-state index in [1.54, 1.807) is 32.3 Å². The fraction of sp³-hybridized carbons (Fsp3) is 0.375. The van der Waals surface area contributed by atoms with Crippen molar-refractivity contribution >= 4 is 24.7 Å². The molecule has 0 radical (unpaired) electrons. The molecule has 1 fully saturated rings. The first-order valence-corrected chi connectivity index (χ1v) is 10.7. The number of ether oxygens (including phenoxy) is 1. The zero-order chi connectivity index (χ0) is 24.1. The third-order valence-electron chi connectivity index (χ3n) is 5.52. The lowest BCUT2D eigenvalue weighted by Gasteiger charge is -2.23. The van der Waals surface area contributed by atoms with Crippen LogP contribution in [0.3, 0.4) is 0 Å². The number of guanidine groups is 2. The molecule has 1 aromatic carbocycles. The molecule has 3 rings (SSSR count). The molecule has 1 amide bonds. The van der Waals surface area contributed by atoms with Crippen molar-refractivity contribution in [3.8, 4) is 11.1 Å². The number of carbonyl (C=O) groups excluding carboxylic acids is 1. The molecule has 174 valence electrons. The van der Waals surface area contributed by atoms with E-state index in [1.165, 1.54) is 11.0 Å². The second-order valence-corrected chi connectivity index (χ2v) is 8.18. The predicted octanol–water partition coefficient (Wildman–Crippen LogP) is 4.37. The van der Waals surface area contributed by atoms with Crippen molar-refractivity contribution in [1.82, 2.24) is 15.2 Å². The number of amides is 1. The normalized spacial score (nSPS) is 17.8. The molecule has 1 aliphatic heterocycles. The minimum absolute atomic E-state index is 0.131. The maximum absolute atomic E-state index is 13.6. The molecule has 1 saturated heterocycles. The monoisotopic (exact) mass is 452 g/mol. The van der Waals surface area contributed by atoms with E-state index in [-0.39, 0.29) is 42.3 Å². The third kappa shape index (κ3) is 5.42. The molecule has 0 bridgehead atoms. The predicted molar refractivity (Wildman–Crippen MR) is 128 cm³/mol. The van der Waals surface area contributed by atoms with E-state index in [0.29, 0.717) is 5.56 Å². The van der Waals surface area contributed by atoms with Gasteiger partial charge in [-0.2, -0.15) is 4.99 Å². The summed E-state index contributed by atoms with van der Waals surface area (Å²) in [4.78, 5) is 30.7. The van der Waals surface area contributed by atoms with Gasteiger partial charge in [0.05, 0.1) is 17.8 Å². The Balaban J connectivity index is 1.76. The second-order valence-electron chi connectivity index (χ2n) is 8.18. The van der Waals surface area contributed by atoms with Gasteiger partial charge in [0.2, 0.25) is 11.9 Å². The lowest BCUT2D eigenvalue weighted by molar-refractivity contribution is 0.168. The largest absolute Gasteiger partial charge is 0.447 e. The Hall–Kier alpha value is -3.62. The fourth-order valence-corrected chi connectivity index (χ4v) is 3.49. The smallest absolute Gasteiger partial charge is 0.417 e. The van der Waals surface area contributed by atoms with E-state index in [1.807, 2.05) is 32.9 Å². The highest BCUT2D eigenvalue weighted by Crippen LogP contribution is 2.23. The van der Waals surface area contributed by atoms with Crippen molar-refractivity contribution in [3.05, 3.63) is 53.6 Å². The van der Waals surface area contributed by atoms with Gasteiger partial charge in [-0.1, -0.05) is 26.0 Å².